The van der Waals surface area contributed by atoms with Gasteiger partial charge in [-0.1, -0.05) is 35.9 Å². The second-order valence-corrected chi connectivity index (χ2v) is 6.08. The average Bonchev–Trinajstić information content (AvgIpc) is 2.35. The fourth-order valence-electron chi connectivity index (χ4n) is 1.70. The molecule has 0 spiro atoms. The highest BCUT2D eigenvalue weighted by atomic mass is 79.9. The molecule has 0 N–H and O–H groups in total. The zero-order valence-corrected chi connectivity index (χ0v) is 13.6. The molecular formula is C14H9BrCl3N. The third kappa shape index (κ3) is 4.22. The minimum absolute atomic E-state index is 0.0143. The molecule has 19 heavy (non-hydrogen) atoms. The lowest BCUT2D eigenvalue weighted by Crippen LogP contribution is -1.89. The van der Waals surface area contributed by atoms with Gasteiger partial charge in [-0.2, -0.15) is 0 Å². The molecule has 0 radical (unpaired) electrons. The molecular weight excluding hydrogens is 368 g/mol. The minimum atomic E-state index is -0.0143. The Kier molecular flexibility index (Phi) is 5.28. The molecule has 2 rings (SSSR count). The van der Waals surface area contributed by atoms with Gasteiger partial charge >= 0.3 is 0 Å². The Labute approximate surface area is 135 Å². The summed E-state index contributed by atoms with van der Waals surface area (Å²) in [6, 6.07) is 13.6. The molecule has 98 valence electrons. The van der Waals surface area contributed by atoms with Gasteiger partial charge in [0.2, 0.25) is 0 Å². The maximum absolute atomic E-state index is 6.15. The molecule has 1 nitrogen and oxygen atoms in total. The Morgan fingerprint density at radius 1 is 1.11 bits per heavy atom. The first-order valence-electron chi connectivity index (χ1n) is 5.48. The van der Waals surface area contributed by atoms with Crippen LogP contribution >= 0.6 is 50.7 Å². The lowest BCUT2D eigenvalue weighted by Gasteiger charge is -2.06. The van der Waals surface area contributed by atoms with Crippen LogP contribution in [-0.2, 0) is 6.42 Å². The summed E-state index contributed by atoms with van der Waals surface area (Å²) in [7, 11) is 0. The van der Waals surface area contributed by atoms with Crippen LogP contribution < -0.4 is 0 Å². The molecule has 2 aromatic rings. The number of rotatable bonds is 3. The van der Waals surface area contributed by atoms with Gasteiger partial charge in [0.1, 0.15) is 0 Å². The van der Waals surface area contributed by atoms with Crippen LogP contribution in [0.5, 0.6) is 0 Å². The standard InChI is InChI=1S/C14H9BrCl3N/c15-11-8-9(5-6-13(11)19-14(17)18)7-10-3-1-2-4-12(10)16/h1-6,8H,7H2. The van der Waals surface area contributed by atoms with Gasteiger partial charge in [0.15, 0.2) is 4.63 Å². The largest absolute Gasteiger partial charge is 0.224 e. The summed E-state index contributed by atoms with van der Waals surface area (Å²) in [5.41, 5.74) is 2.91. The molecule has 0 unspecified atom stereocenters. The third-order valence-electron chi connectivity index (χ3n) is 2.57. The highest BCUT2D eigenvalue weighted by Gasteiger charge is 2.04. The molecule has 0 aliphatic heterocycles. The van der Waals surface area contributed by atoms with Crippen LogP contribution in [0.4, 0.5) is 5.69 Å². The van der Waals surface area contributed by atoms with E-state index in [4.69, 9.17) is 34.8 Å². The Hall–Kier alpha value is -0.540. The molecule has 0 atom stereocenters. The van der Waals surface area contributed by atoms with Crippen molar-refractivity contribution in [1.29, 1.82) is 0 Å². The molecule has 0 amide bonds. The van der Waals surface area contributed by atoms with Crippen molar-refractivity contribution >= 4 is 61.1 Å². The van der Waals surface area contributed by atoms with Crippen LogP contribution in [0.2, 0.25) is 5.02 Å². The SMILES string of the molecule is ClC(Cl)=Nc1ccc(Cc2ccccc2Cl)cc1Br. The van der Waals surface area contributed by atoms with Crippen LogP contribution in [0.15, 0.2) is 51.9 Å². The minimum Gasteiger partial charge on any atom is -0.224 e. The zero-order chi connectivity index (χ0) is 13.8. The molecule has 0 heterocycles. The lowest BCUT2D eigenvalue weighted by molar-refractivity contribution is 1.19. The van der Waals surface area contributed by atoms with E-state index in [0.717, 1.165) is 27.0 Å². The quantitative estimate of drug-likeness (QED) is 0.568. The van der Waals surface area contributed by atoms with E-state index in [9.17, 15) is 0 Å². The normalized spacial score (nSPS) is 10.3. The first-order chi connectivity index (χ1) is 9.06. The molecule has 0 fully saturated rings. The van der Waals surface area contributed by atoms with Crippen LogP contribution in [0.3, 0.4) is 0 Å². The maximum Gasteiger partial charge on any atom is 0.197 e. The van der Waals surface area contributed by atoms with E-state index in [1.54, 1.807) is 0 Å². The predicted octanol–water partition coefficient (Wildman–Crippen LogP) is 6.16. The monoisotopic (exact) mass is 375 g/mol. The molecule has 2 aromatic carbocycles. The molecule has 0 aliphatic carbocycles. The van der Waals surface area contributed by atoms with Crippen molar-refractivity contribution in [2.75, 3.05) is 0 Å². The summed E-state index contributed by atoms with van der Waals surface area (Å²) in [4.78, 5) is 4.00. The molecule has 5 heteroatoms. The van der Waals surface area contributed by atoms with Crippen molar-refractivity contribution in [2.45, 2.75) is 6.42 Å². The van der Waals surface area contributed by atoms with Gasteiger partial charge in [-0.15, -0.1) is 0 Å². The molecule has 0 bridgehead atoms. The Morgan fingerprint density at radius 3 is 2.47 bits per heavy atom. The maximum atomic E-state index is 6.15. The number of halogens is 4. The Bertz CT molecular complexity index is 622. The van der Waals surface area contributed by atoms with Gasteiger partial charge < -0.3 is 0 Å². The summed E-state index contributed by atoms with van der Waals surface area (Å²) in [5, 5.41) is 0.768. The first-order valence-corrected chi connectivity index (χ1v) is 7.40. The summed E-state index contributed by atoms with van der Waals surface area (Å²) in [6.45, 7) is 0. The van der Waals surface area contributed by atoms with Crippen LogP contribution in [0.25, 0.3) is 0 Å². The van der Waals surface area contributed by atoms with Crippen molar-refractivity contribution < 1.29 is 0 Å². The van der Waals surface area contributed by atoms with E-state index in [-0.39, 0.29) is 4.63 Å². The average molecular weight is 377 g/mol. The van der Waals surface area contributed by atoms with Crippen molar-refractivity contribution in [3.8, 4) is 0 Å². The predicted molar refractivity (Wildman–Crippen MR) is 87.2 cm³/mol. The lowest BCUT2D eigenvalue weighted by atomic mass is 10.0. The van der Waals surface area contributed by atoms with Gasteiger partial charge in [-0.3, -0.25) is 0 Å². The van der Waals surface area contributed by atoms with Gasteiger partial charge in [-0.25, -0.2) is 4.99 Å². The number of benzene rings is 2. The molecule has 0 saturated carbocycles. The molecule has 0 saturated heterocycles. The van der Waals surface area contributed by atoms with E-state index in [2.05, 4.69) is 20.9 Å². The second-order valence-electron chi connectivity index (χ2n) is 3.91. The molecule has 0 aromatic heterocycles. The van der Waals surface area contributed by atoms with E-state index < -0.39 is 0 Å². The van der Waals surface area contributed by atoms with Gasteiger partial charge in [0.25, 0.3) is 0 Å². The van der Waals surface area contributed by atoms with Crippen molar-refractivity contribution in [3.05, 3.63) is 63.1 Å². The van der Waals surface area contributed by atoms with Crippen LogP contribution in [-0.4, -0.2) is 4.63 Å². The van der Waals surface area contributed by atoms with Gasteiger partial charge in [0.05, 0.1) is 5.69 Å². The topological polar surface area (TPSA) is 12.4 Å². The third-order valence-corrected chi connectivity index (χ3v) is 3.74. The van der Waals surface area contributed by atoms with E-state index in [0.29, 0.717) is 5.69 Å². The van der Waals surface area contributed by atoms with Crippen LogP contribution in [0, 0.1) is 0 Å². The Balaban J connectivity index is 2.26. The zero-order valence-electron chi connectivity index (χ0n) is 9.71. The smallest absolute Gasteiger partial charge is 0.197 e. The first kappa shape index (κ1) is 14.9. The summed E-state index contributed by atoms with van der Waals surface area (Å²) in [6.07, 6.45) is 0.761. The number of nitrogens with zero attached hydrogens (tertiary/aromatic N) is 1. The van der Waals surface area contributed by atoms with Gasteiger partial charge in [0, 0.05) is 9.50 Å². The van der Waals surface area contributed by atoms with Crippen molar-refractivity contribution in [2.24, 2.45) is 4.99 Å². The highest BCUT2D eigenvalue weighted by Crippen LogP contribution is 2.29. The summed E-state index contributed by atoms with van der Waals surface area (Å²) in [5.74, 6) is 0. The Morgan fingerprint density at radius 2 is 1.84 bits per heavy atom. The van der Waals surface area contributed by atoms with Crippen molar-refractivity contribution in [3.63, 3.8) is 0 Å². The summed E-state index contributed by atoms with van der Waals surface area (Å²) >= 11 is 20.7. The van der Waals surface area contributed by atoms with Crippen LogP contribution in [0.1, 0.15) is 11.1 Å². The van der Waals surface area contributed by atoms with E-state index in [1.165, 1.54) is 0 Å². The summed E-state index contributed by atoms with van der Waals surface area (Å²) < 4.78 is 0.829. The second kappa shape index (κ2) is 6.76. The van der Waals surface area contributed by atoms with Gasteiger partial charge in [-0.05, 0) is 74.9 Å². The number of hydrogen-bond acceptors (Lipinski definition) is 1. The molecule has 0 aliphatic rings. The fourth-order valence-corrected chi connectivity index (χ4v) is 2.60. The van der Waals surface area contributed by atoms with E-state index >= 15 is 0 Å². The van der Waals surface area contributed by atoms with E-state index in [1.807, 2.05) is 42.5 Å². The van der Waals surface area contributed by atoms with Crippen molar-refractivity contribution in [1.82, 2.24) is 0 Å². The number of aliphatic imine (C=N–C) groups is 1. The highest BCUT2D eigenvalue weighted by molar-refractivity contribution is 9.10. The number of hydrogen-bond donors (Lipinski definition) is 0. The fraction of sp³-hybridized carbons (Fsp3) is 0.0714.